The van der Waals surface area contributed by atoms with Gasteiger partial charge < -0.3 is 10.0 Å². The number of aryl methyl sites for hydroxylation is 1. The molecule has 1 atom stereocenters. The van der Waals surface area contributed by atoms with E-state index in [1.54, 1.807) is 0 Å². The van der Waals surface area contributed by atoms with Crippen molar-refractivity contribution in [1.29, 1.82) is 0 Å². The summed E-state index contributed by atoms with van der Waals surface area (Å²) in [5.41, 5.74) is 1.80. The van der Waals surface area contributed by atoms with Crippen LogP contribution in [0, 0.1) is 6.92 Å². The lowest BCUT2D eigenvalue weighted by Gasteiger charge is -2.41. The largest absolute Gasteiger partial charge is 0.387 e. The average Bonchev–Trinajstić information content (AvgIpc) is 3.10. The summed E-state index contributed by atoms with van der Waals surface area (Å²) >= 11 is 0. The zero-order valence-electron chi connectivity index (χ0n) is 14.4. The number of rotatable bonds is 6. The van der Waals surface area contributed by atoms with Gasteiger partial charge in [0.25, 0.3) is 0 Å². The summed E-state index contributed by atoms with van der Waals surface area (Å²) in [6, 6.07) is 0. The van der Waals surface area contributed by atoms with Crippen molar-refractivity contribution < 1.29 is 5.11 Å². The van der Waals surface area contributed by atoms with Crippen LogP contribution in [-0.4, -0.2) is 63.0 Å². The molecular weight excluding hydrogens is 288 g/mol. The summed E-state index contributed by atoms with van der Waals surface area (Å²) in [4.78, 5) is 4.82. The van der Waals surface area contributed by atoms with E-state index in [0.29, 0.717) is 0 Å². The quantitative estimate of drug-likeness (QED) is 0.813. The summed E-state index contributed by atoms with van der Waals surface area (Å²) in [5.74, 6) is 0. The third-order valence-corrected chi connectivity index (χ3v) is 5.11. The predicted molar refractivity (Wildman–Crippen MR) is 92.3 cm³/mol. The number of β-amino-alcohol motifs (C(OH)–C–C–N with tert-alkyl or cyclic N) is 1. The molecule has 3 rings (SSSR count). The van der Waals surface area contributed by atoms with Crippen molar-refractivity contribution in [2.75, 3.05) is 32.7 Å². The van der Waals surface area contributed by atoms with E-state index in [1.165, 1.54) is 18.4 Å². The number of aliphatic hydroxyl groups is 1. The fourth-order valence-corrected chi connectivity index (χ4v) is 4.01. The Morgan fingerprint density at radius 3 is 2.74 bits per heavy atom. The Kier molecular flexibility index (Phi) is 5.19. The van der Waals surface area contributed by atoms with Crippen LogP contribution in [0.3, 0.4) is 0 Å². The Hall–Kier alpha value is -1.17. The first-order valence-corrected chi connectivity index (χ1v) is 8.89. The number of allylic oxidation sites excluding steroid dienone is 1. The van der Waals surface area contributed by atoms with Crippen LogP contribution in [0.15, 0.2) is 18.9 Å². The zero-order chi connectivity index (χ0) is 16.3. The highest BCUT2D eigenvalue weighted by Gasteiger charge is 2.35. The van der Waals surface area contributed by atoms with Gasteiger partial charge in [-0.1, -0.05) is 6.08 Å². The van der Waals surface area contributed by atoms with Crippen LogP contribution < -0.4 is 0 Å². The summed E-state index contributed by atoms with van der Waals surface area (Å²) in [6.07, 6.45) is 8.54. The maximum Gasteiger partial charge on any atom is 0.0900 e. The van der Waals surface area contributed by atoms with Gasteiger partial charge in [-0.25, -0.2) is 0 Å². The van der Waals surface area contributed by atoms with Crippen molar-refractivity contribution in [2.24, 2.45) is 0 Å². The molecule has 0 saturated carbocycles. The van der Waals surface area contributed by atoms with E-state index in [9.17, 15) is 5.11 Å². The van der Waals surface area contributed by atoms with Crippen molar-refractivity contribution >= 4 is 0 Å². The van der Waals surface area contributed by atoms with Gasteiger partial charge >= 0.3 is 0 Å². The van der Waals surface area contributed by atoms with Crippen molar-refractivity contribution in [3.05, 3.63) is 30.1 Å². The molecular formula is C18H30N4O. The van der Waals surface area contributed by atoms with Crippen molar-refractivity contribution in [1.82, 2.24) is 19.6 Å². The minimum absolute atomic E-state index is 0.548. The predicted octanol–water partition coefficient (Wildman–Crippen LogP) is 1.80. The summed E-state index contributed by atoms with van der Waals surface area (Å²) < 4.78 is 1.94. The Balaban J connectivity index is 1.60. The molecule has 0 bridgehead atoms. The van der Waals surface area contributed by atoms with Gasteiger partial charge in [-0.2, -0.15) is 5.10 Å². The number of likely N-dealkylation sites (tertiary alicyclic amines) is 2. The summed E-state index contributed by atoms with van der Waals surface area (Å²) in [5, 5.41) is 15.6. The van der Waals surface area contributed by atoms with Gasteiger partial charge in [0.2, 0.25) is 0 Å². The third-order valence-electron chi connectivity index (χ3n) is 5.11. The second-order valence-electron chi connectivity index (χ2n) is 7.27. The Morgan fingerprint density at radius 2 is 2.00 bits per heavy atom. The highest BCUT2D eigenvalue weighted by atomic mass is 16.3. The first-order valence-electron chi connectivity index (χ1n) is 8.89. The molecule has 0 unspecified atom stereocenters. The molecule has 2 fully saturated rings. The first-order chi connectivity index (χ1) is 11.1. The van der Waals surface area contributed by atoms with E-state index in [0.717, 1.165) is 64.3 Å². The molecule has 0 aromatic carbocycles. The molecule has 2 aliphatic rings. The van der Waals surface area contributed by atoms with Crippen LogP contribution in [-0.2, 0) is 13.1 Å². The van der Waals surface area contributed by atoms with Gasteiger partial charge in [0.15, 0.2) is 0 Å². The number of hydrogen-bond acceptors (Lipinski definition) is 4. The lowest BCUT2D eigenvalue weighted by molar-refractivity contribution is -0.0519. The van der Waals surface area contributed by atoms with Crippen molar-refractivity contribution in [3.8, 4) is 0 Å². The van der Waals surface area contributed by atoms with E-state index in [4.69, 9.17) is 0 Å². The molecule has 0 aliphatic carbocycles. The van der Waals surface area contributed by atoms with E-state index < -0.39 is 5.60 Å². The average molecular weight is 318 g/mol. The van der Waals surface area contributed by atoms with Crippen LogP contribution in [0.2, 0.25) is 0 Å². The Bertz CT molecular complexity index is 535. The summed E-state index contributed by atoms with van der Waals surface area (Å²) in [6.45, 7) is 12.4. The zero-order valence-corrected chi connectivity index (χ0v) is 14.4. The van der Waals surface area contributed by atoms with Crippen LogP contribution in [0.5, 0.6) is 0 Å². The van der Waals surface area contributed by atoms with Crippen molar-refractivity contribution in [2.45, 2.75) is 51.3 Å². The van der Waals surface area contributed by atoms with Gasteiger partial charge in [-0.15, -0.1) is 6.58 Å². The first kappa shape index (κ1) is 16.7. The standard InChI is InChI=1S/C18H30N4O/c1-3-8-22-13-17(16(2)19-22)12-21-11-6-7-18(23,15-21)14-20-9-4-5-10-20/h3,13,23H,1,4-12,14-15H2,2H3/t18-/m0/s1. The van der Waals surface area contributed by atoms with Gasteiger partial charge in [0.1, 0.15) is 0 Å². The molecule has 0 amide bonds. The molecule has 5 heteroatoms. The number of piperidine rings is 1. The lowest BCUT2D eigenvalue weighted by Crippen LogP contribution is -2.53. The molecule has 3 heterocycles. The van der Waals surface area contributed by atoms with E-state index >= 15 is 0 Å². The molecule has 23 heavy (non-hydrogen) atoms. The third kappa shape index (κ3) is 4.22. The molecule has 2 saturated heterocycles. The van der Waals surface area contributed by atoms with Gasteiger partial charge in [-0.05, 0) is 52.2 Å². The smallest absolute Gasteiger partial charge is 0.0900 e. The lowest BCUT2D eigenvalue weighted by atomic mass is 9.92. The topological polar surface area (TPSA) is 44.5 Å². The highest BCUT2D eigenvalue weighted by Crippen LogP contribution is 2.25. The molecule has 128 valence electrons. The van der Waals surface area contributed by atoms with E-state index in [-0.39, 0.29) is 0 Å². The van der Waals surface area contributed by atoms with E-state index in [2.05, 4.69) is 34.6 Å². The number of hydrogen-bond donors (Lipinski definition) is 1. The Labute approximate surface area is 139 Å². The second kappa shape index (κ2) is 7.16. The fourth-order valence-electron chi connectivity index (χ4n) is 4.01. The van der Waals surface area contributed by atoms with Gasteiger partial charge in [0.05, 0.1) is 17.8 Å². The van der Waals surface area contributed by atoms with Gasteiger partial charge in [0, 0.05) is 31.4 Å². The molecule has 1 aromatic heterocycles. The maximum absolute atomic E-state index is 11.0. The highest BCUT2D eigenvalue weighted by molar-refractivity contribution is 5.16. The fraction of sp³-hybridized carbons (Fsp3) is 0.722. The maximum atomic E-state index is 11.0. The van der Waals surface area contributed by atoms with Gasteiger partial charge in [-0.3, -0.25) is 9.58 Å². The minimum Gasteiger partial charge on any atom is -0.387 e. The number of nitrogens with zero attached hydrogens (tertiary/aromatic N) is 4. The van der Waals surface area contributed by atoms with E-state index in [1.807, 2.05) is 10.8 Å². The molecule has 0 spiro atoms. The minimum atomic E-state index is -0.548. The summed E-state index contributed by atoms with van der Waals surface area (Å²) in [7, 11) is 0. The van der Waals surface area contributed by atoms with Crippen LogP contribution in [0.1, 0.15) is 36.9 Å². The monoisotopic (exact) mass is 318 g/mol. The normalized spacial score (nSPS) is 26.7. The second-order valence-corrected chi connectivity index (χ2v) is 7.27. The molecule has 2 aliphatic heterocycles. The molecule has 1 N–H and O–H groups in total. The molecule has 1 aromatic rings. The molecule has 0 radical (unpaired) electrons. The molecule has 5 nitrogen and oxygen atoms in total. The van der Waals surface area contributed by atoms with Crippen molar-refractivity contribution in [3.63, 3.8) is 0 Å². The number of aromatic nitrogens is 2. The SMILES string of the molecule is C=CCn1cc(CN2CCC[C@](O)(CN3CCCC3)C2)c(C)n1. The van der Waals surface area contributed by atoms with Crippen LogP contribution >= 0.6 is 0 Å². The van der Waals surface area contributed by atoms with Crippen LogP contribution in [0.25, 0.3) is 0 Å². The Morgan fingerprint density at radius 1 is 1.26 bits per heavy atom. The van der Waals surface area contributed by atoms with Crippen LogP contribution in [0.4, 0.5) is 0 Å².